The highest BCUT2D eigenvalue weighted by atomic mass is 16.5. The summed E-state index contributed by atoms with van der Waals surface area (Å²) in [5.41, 5.74) is 0. The molecule has 0 bridgehead atoms. The number of hydrogen-bond acceptors (Lipinski definition) is 3. The third kappa shape index (κ3) is 1.59. The molecule has 4 heteroatoms. The van der Waals surface area contributed by atoms with Crippen LogP contribution in [0.4, 0.5) is 0 Å². The van der Waals surface area contributed by atoms with Gasteiger partial charge in [-0.15, -0.1) is 0 Å². The molecule has 2 aliphatic heterocycles. The molecule has 0 aromatic rings. The van der Waals surface area contributed by atoms with Crippen LogP contribution in [0.3, 0.4) is 0 Å². The predicted octanol–water partition coefficient (Wildman–Crippen LogP) is -0.320. The second-order valence-corrected chi connectivity index (χ2v) is 3.24. The predicted molar refractivity (Wildman–Crippen MR) is 41.7 cm³/mol. The van der Waals surface area contributed by atoms with Gasteiger partial charge in [0.2, 0.25) is 5.91 Å². The number of carbonyl (C=O) groups excluding carboxylic acids is 1. The van der Waals surface area contributed by atoms with Gasteiger partial charge < -0.3 is 14.8 Å². The van der Waals surface area contributed by atoms with Gasteiger partial charge in [0.1, 0.15) is 6.10 Å². The molecule has 0 saturated carbocycles. The normalized spacial score (nSPS) is 29.8. The van der Waals surface area contributed by atoms with Gasteiger partial charge in [0.25, 0.3) is 0 Å². The van der Waals surface area contributed by atoms with E-state index in [2.05, 4.69) is 5.32 Å². The summed E-state index contributed by atoms with van der Waals surface area (Å²) in [5, 5.41) is 2.87. The van der Waals surface area contributed by atoms with E-state index in [-0.39, 0.29) is 18.1 Å². The van der Waals surface area contributed by atoms with E-state index in [0.717, 1.165) is 19.4 Å². The molecule has 1 atom stereocenters. The molecule has 0 aliphatic carbocycles. The molecule has 2 heterocycles. The third-order valence-electron chi connectivity index (χ3n) is 2.21. The summed E-state index contributed by atoms with van der Waals surface area (Å²) in [7, 11) is 0. The Hall–Kier alpha value is -0.610. The highest BCUT2D eigenvalue weighted by molar-refractivity contribution is 5.81. The first-order valence-corrected chi connectivity index (χ1v) is 4.36. The maximum atomic E-state index is 11.4. The molecule has 1 N–H and O–H groups in total. The summed E-state index contributed by atoms with van der Waals surface area (Å²) >= 11 is 0. The van der Waals surface area contributed by atoms with Crippen LogP contribution in [0.5, 0.6) is 0 Å². The van der Waals surface area contributed by atoms with E-state index in [4.69, 9.17) is 9.47 Å². The summed E-state index contributed by atoms with van der Waals surface area (Å²) in [4.78, 5) is 11.4. The van der Waals surface area contributed by atoms with E-state index in [1.165, 1.54) is 0 Å². The number of nitrogens with one attached hydrogen (secondary N) is 1. The van der Waals surface area contributed by atoms with Crippen molar-refractivity contribution in [3.8, 4) is 0 Å². The van der Waals surface area contributed by atoms with Crippen LogP contribution in [-0.4, -0.2) is 37.9 Å². The zero-order valence-electron chi connectivity index (χ0n) is 6.91. The molecule has 2 rings (SSSR count). The lowest BCUT2D eigenvalue weighted by molar-refractivity contribution is -0.134. The van der Waals surface area contributed by atoms with Crippen LogP contribution in [0.1, 0.15) is 12.8 Å². The highest BCUT2D eigenvalue weighted by Crippen LogP contribution is 2.12. The van der Waals surface area contributed by atoms with Crippen molar-refractivity contribution in [2.45, 2.75) is 25.0 Å². The lowest BCUT2D eigenvalue weighted by Gasteiger charge is -2.27. The Morgan fingerprint density at radius 1 is 1.42 bits per heavy atom. The van der Waals surface area contributed by atoms with Gasteiger partial charge in [-0.25, -0.2) is 0 Å². The molecule has 12 heavy (non-hydrogen) atoms. The van der Waals surface area contributed by atoms with Crippen LogP contribution >= 0.6 is 0 Å². The van der Waals surface area contributed by atoms with Crippen molar-refractivity contribution in [3.63, 3.8) is 0 Å². The number of ether oxygens (including phenoxy) is 2. The van der Waals surface area contributed by atoms with Crippen molar-refractivity contribution in [1.82, 2.24) is 5.32 Å². The summed E-state index contributed by atoms with van der Waals surface area (Å²) < 4.78 is 10.2. The van der Waals surface area contributed by atoms with E-state index < -0.39 is 0 Å². The number of hydrogen-bond donors (Lipinski definition) is 1. The van der Waals surface area contributed by atoms with E-state index >= 15 is 0 Å². The topological polar surface area (TPSA) is 47.6 Å². The van der Waals surface area contributed by atoms with Crippen LogP contribution < -0.4 is 5.32 Å². The maximum Gasteiger partial charge on any atom is 0.249 e. The third-order valence-corrected chi connectivity index (χ3v) is 2.21. The van der Waals surface area contributed by atoms with Crippen LogP contribution in [0.25, 0.3) is 0 Å². The van der Waals surface area contributed by atoms with Gasteiger partial charge in [0.05, 0.1) is 19.3 Å². The molecule has 1 amide bonds. The van der Waals surface area contributed by atoms with Gasteiger partial charge in [-0.3, -0.25) is 4.79 Å². The molecule has 68 valence electrons. The quantitative estimate of drug-likeness (QED) is 0.619. The molecule has 0 spiro atoms. The van der Waals surface area contributed by atoms with Crippen LogP contribution in [0.15, 0.2) is 0 Å². The Labute approximate surface area is 71.2 Å². The van der Waals surface area contributed by atoms with Crippen molar-refractivity contribution in [3.05, 3.63) is 0 Å². The van der Waals surface area contributed by atoms with Crippen molar-refractivity contribution in [2.75, 3.05) is 19.8 Å². The highest BCUT2D eigenvalue weighted by Gasteiger charge is 2.27. The summed E-state index contributed by atoms with van der Waals surface area (Å²) in [6, 6.07) is 0.224. The Balaban J connectivity index is 1.74. The number of amides is 1. The van der Waals surface area contributed by atoms with Crippen LogP contribution in [0.2, 0.25) is 0 Å². The van der Waals surface area contributed by atoms with Crippen molar-refractivity contribution in [2.24, 2.45) is 0 Å². The van der Waals surface area contributed by atoms with Gasteiger partial charge in [-0.05, 0) is 12.8 Å². The van der Waals surface area contributed by atoms with Gasteiger partial charge in [-0.1, -0.05) is 0 Å². The minimum atomic E-state index is -0.203. The molecule has 0 radical (unpaired) electrons. The first kappa shape index (κ1) is 8.01. The molecule has 4 nitrogen and oxygen atoms in total. The number of carbonyl (C=O) groups is 1. The first-order chi connectivity index (χ1) is 5.86. The fourth-order valence-corrected chi connectivity index (χ4v) is 1.40. The lowest BCUT2D eigenvalue weighted by Crippen LogP contribution is -2.51. The van der Waals surface area contributed by atoms with Gasteiger partial charge in [-0.2, -0.15) is 0 Å². The zero-order chi connectivity index (χ0) is 8.39. The SMILES string of the molecule is O=C(NC1COC1)[C@@H]1CCCO1. The second-order valence-electron chi connectivity index (χ2n) is 3.24. The molecule has 2 fully saturated rings. The molecule has 2 saturated heterocycles. The van der Waals surface area contributed by atoms with Gasteiger partial charge >= 0.3 is 0 Å². The molecule has 0 aromatic heterocycles. The Kier molecular flexibility index (Phi) is 2.28. The molecular formula is C8H13NO3. The molecule has 2 aliphatic rings. The van der Waals surface area contributed by atoms with Crippen molar-refractivity contribution in [1.29, 1.82) is 0 Å². The molecular weight excluding hydrogens is 158 g/mol. The fourth-order valence-electron chi connectivity index (χ4n) is 1.40. The Bertz CT molecular complexity index is 173. The lowest BCUT2D eigenvalue weighted by atomic mass is 10.2. The Morgan fingerprint density at radius 3 is 2.75 bits per heavy atom. The largest absolute Gasteiger partial charge is 0.377 e. The zero-order valence-corrected chi connectivity index (χ0v) is 6.91. The summed E-state index contributed by atoms with van der Waals surface area (Å²) in [6.07, 6.45) is 1.66. The van der Waals surface area contributed by atoms with Gasteiger partial charge in [0, 0.05) is 6.61 Å². The minimum absolute atomic E-state index is 0.0285. The van der Waals surface area contributed by atoms with Crippen LogP contribution in [-0.2, 0) is 14.3 Å². The molecule has 0 unspecified atom stereocenters. The van der Waals surface area contributed by atoms with E-state index in [0.29, 0.717) is 13.2 Å². The first-order valence-electron chi connectivity index (χ1n) is 4.36. The summed E-state index contributed by atoms with van der Waals surface area (Å²) in [6.45, 7) is 2.02. The van der Waals surface area contributed by atoms with E-state index in [1.807, 2.05) is 0 Å². The summed E-state index contributed by atoms with van der Waals surface area (Å²) in [5.74, 6) is 0.0285. The average Bonchev–Trinajstić information content (AvgIpc) is 2.47. The number of rotatable bonds is 2. The van der Waals surface area contributed by atoms with E-state index in [1.54, 1.807) is 0 Å². The van der Waals surface area contributed by atoms with Crippen molar-refractivity contribution < 1.29 is 14.3 Å². The maximum absolute atomic E-state index is 11.4. The Morgan fingerprint density at radius 2 is 2.25 bits per heavy atom. The fraction of sp³-hybridized carbons (Fsp3) is 0.875. The monoisotopic (exact) mass is 171 g/mol. The second kappa shape index (κ2) is 3.41. The smallest absolute Gasteiger partial charge is 0.249 e. The van der Waals surface area contributed by atoms with Crippen molar-refractivity contribution >= 4 is 5.91 Å². The average molecular weight is 171 g/mol. The van der Waals surface area contributed by atoms with E-state index in [9.17, 15) is 4.79 Å². The van der Waals surface area contributed by atoms with Gasteiger partial charge in [0.15, 0.2) is 0 Å². The molecule has 0 aromatic carbocycles. The minimum Gasteiger partial charge on any atom is -0.377 e. The standard InChI is InChI=1S/C8H13NO3/c10-8(7-2-1-3-12-7)9-6-4-11-5-6/h6-7H,1-5H2,(H,9,10)/t7-/m0/s1. The van der Waals surface area contributed by atoms with Crippen LogP contribution in [0, 0.1) is 0 Å².